The second-order valence-electron chi connectivity index (χ2n) is 5.13. The van der Waals surface area contributed by atoms with Crippen molar-refractivity contribution in [2.75, 3.05) is 6.26 Å². The van der Waals surface area contributed by atoms with E-state index < -0.39 is 15.4 Å². The first-order valence-corrected chi connectivity index (χ1v) is 8.39. The van der Waals surface area contributed by atoms with Crippen molar-refractivity contribution in [3.63, 3.8) is 0 Å². The van der Waals surface area contributed by atoms with Crippen molar-refractivity contribution in [2.24, 2.45) is 5.73 Å². The molecule has 0 saturated heterocycles. The van der Waals surface area contributed by atoms with Crippen LogP contribution in [-0.2, 0) is 15.4 Å². The van der Waals surface area contributed by atoms with Crippen LogP contribution in [0.25, 0.3) is 0 Å². The van der Waals surface area contributed by atoms with E-state index in [9.17, 15) is 8.42 Å². The van der Waals surface area contributed by atoms with Gasteiger partial charge in [0.25, 0.3) is 0 Å². The fraction of sp³-hybridized carbons (Fsp3) is 0.538. The van der Waals surface area contributed by atoms with Crippen molar-refractivity contribution < 1.29 is 8.42 Å². The molecule has 1 aromatic rings. The molecular weight excluding hydrogens is 270 g/mol. The highest BCUT2D eigenvalue weighted by Crippen LogP contribution is 2.38. The molecule has 0 atom stereocenters. The molecule has 3 nitrogen and oxygen atoms in total. The highest BCUT2D eigenvalue weighted by Gasteiger charge is 2.32. The van der Waals surface area contributed by atoms with Crippen LogP contribution in [0, 0.1) is 0 Å². The van der Waals surface area contributed by atoms with Gasteiger partial charge in [-0.2, -0.15) is 0 Å². The van der Waals surface area contributed by atoms with Crippen molar-refractivity contribution in [3.8, 4) is 0 Å². The van der Waals surface area contributed by atoms with Gasteiger partial charge in [0.15, 0.2) is 9.84 Å². The van der Waals surface area contributed by atoms with E-state index in [-0.39, 0.29) is 4.90 Å². The molecule has 0 bridgehead atoms. The second kappa shape index (κ2) is 4.83. The quantitative estimate of drug-likeness (QED) is 0.910. The number of rotatable bonds is 2. The van der Waals surface area contributed by atoms with Crippen molar-refractivity contribution in [1.29, 1.82) is 0 Å². The molecule has 1 saturated carbocycles. The summed E-state index contributed by atoms with van der Waals surface area (Å²) in [6.07, 6.45) is 6.23. The van der Waals surface area contributed by atoms with E-state index in [2.05, 4.69) is 0 Å². The highest BCUT2D eigenvalue weighted by atomic mass is 35.5. The molecular formula is C13H18ClNO2S. The van der Waals surface area contributed by atoms with Crippen LogP contribution < -0.4 is 5.73 Å². The second-order valence-corrected chi connectivity index (χ2v) is 7.55. The lowest BCUT2D eigenvalue weighted by atomic mass is 9.77. The lowest BCUT2D eigenvalue weighted by Crippen LogP contribution is -2.39. The summed E-state index contributed by atoms with van der Waals surface area (Å²) in [5.74, 6) is 0. The van der Waals surface area contributed by atoms with E-state index >= 15 is 0 Å². The van der Waals surface area contributed by atoms with Gasteiger partial charge in [0.1, 0.15) is 0 Å². The summed E-state index contributed by atoms with van der Waals surface area (Å²) in [7, 11) is -3.22. The summed E-state index contributed by atoms with van der Waals surface area (Å²) in [6.45, 7) is 0. The predicted octanol–water partition coefficient (Wildman–Crippen LogP) is 2.86. The first kappa shape index (κ1) is 13.8. The van der Waals surface area contributed by atoms with Gasteiger partial charge in [-0.15, -0.1) is 0 Å². The zero-order valence-corrected chi connectivity index (χ0v) is 12.0. The molecule has 0 unspecified atom stereocenters. The van der Waals surface area contributed by atoms with Crippen LogP contribution in [0.15, 0.2) is 23.1 Å². The van der Waals surface area contributed by atoms with Crippen LogP contribution in [0.5, 0.6) is 0 Å². The molecule has 5 heteroatoms. The SMILES string of the molecule is CS(=O)(=O)c1ccc(Cl)c(C2(N)CCCCC2)c1. The van der Waals surface area contributed by atoms with E-state index in [1.54, 1.807) is 12.1 Å². The van der Waals surface area contributed by atoms with Gasteiger partial charge in [-0.05, 0) is 36.6 Å². The fourth-order valence-corrected chi connectivity index (χ4v) is 3.52. The molecule has 0 spiro atoms. The molecule has 2 N–H and O–H groups in total. The highest BCUT2D eigenvalue weighted by molar-refractivity contribution is 7.90. The van der Waals surface area contributed by atoms with Gasteiger partial charge in [0.2, 0.25) is 0 Å². The molecule has 0 heterocycles. The number of nitrogens with two attached hydrogens (primary N) is 1. The molecule has 1 aromatic carbocycles. The van der Waals surface area contributed by atoms with Crippen LogP contribution in [0.3, 0.4) is 0 Å². The Labute approximate surface area is 113 Å². The maximum absolute atomic E-state index is 11.6. The Morgan fingerprint density at radius 1 is 1.22 bits per heavy atom. The smallest absolute Gasteiger partial charge is 0.175 e. The van der Waals surface area contributed by atoms with Gasteiger partial charge in [0.05, 0.1) is 4.90 Å². The number of hydrogen-bond acceptors (Lipinski definition) is 3. The molecule has 100 valence electrons. The fourth-order valence-electron chi connectivity index (χ4n) is 2.57. The first-order valence-electron chi connectivity index (χ1n) is 6.12. The third kappa shape index (κ3) is 2.71. The summed E-state index contributed by atoms with van der Waals surface area (Å²) < 4.78 is 23.2. The number of hydrogen-bond donors (Lipinski definition) is 1. The maximum Gasteiger partial charge on any atom is 0.175 e. The minimum absolute atomic E-state index is 0.289. The van der Waals surface area contributed by atoms with Crippen molar-refractivity contribution in [3.05, 3.63) is 28.8 Å². The van der Waals surface area contributed by atoms with Crippen LogP contribution in [0.4, 0.5) is 0 Å². The zero-order chi connectivity index (χ0) is 13.4. The summed E-state index contributed by atoms with van der Waals surface area (Å²) in [4.78, 5) is 0.289. The zero-order valence-electron chi connectivity index (χ0n) is 10.4. The molecule has 0 amide bonds. The number of benzene rings is 1. The van der Waals surface area contributed by atoms with Crippen LogP contribution in [0.2, 0.25) is 5.02 Å². The Morgan fingerprint density at radius 3 is 2.39 bits per heavy atom. The summed E-state index contributed by atoms with van der Waals surface area (Å²) in [6, 6.07) is 4.81. The van der Waals surface area contributed by atoms with Crippen LogP contribution in [-0.4, -0.2) is 14.7 Å². The number of sulfone groups is 1. The van der Waals surface area contributed by atoms with E-state index in [1.165, 1.54) is 18.7 Å². The largest absolute Gasteiger partial charge is 0.321 e. The van der Waals surface area contributed by atoms with Crippen molar-refractivity contribution in [1.82, 2.24) is 0 Å². The standard InChI is InChI=1S/C13H18ClNO2S/c1-18(16,17)10-5-6-12(14)11(9-10)13(15)7-3-2-4-8-13/h5-6,9H,2-4,7-8,15H2,1H3. The average Bonchev–Trinajstić information content (AvgIpc) is 2.28. The predicted molar refractivity (Wildman–Crippen MR) is 73.5 cm³/mol. The molecule has 1 fully saturated rings. The minimum Gasteiger partial charge on any atom is -0.321 e. The molecule has 2 rings (SSSR count). The Balaban J connectivity index is 2.49. The molecule has 1 aliphatic carbocycles. The Bertz CT molecular complexity index is 548. The Morgan fingerprint density at radius 2 is 1.83 bits per heavy atom. The van der Waals surface area contributed by atoms with Crippen molar-refractivity contribution >= 4 is 21.4 Å². The monoisotopic (exact) mass is 287 g/mol. The van der Waals surface area contributed by atoms with Crippen LogP contribution in [0.1, 0.15) is 37.7 Å². The molecule has 18 heavy (non-hydrogen) atoms. The van der Waals surface area contributed by atoms with Gasteiger partial charge in [-0.1, -0.05) is 30.9 Å². The van der Waals surface area contributed by atoms with Gasteiger partial charge < -0.3 is 5.73 Å². The van der Waals surface area contributed by atoms with Gasteiger partial charge in [0, 0.05) is 16.8 Å². The van der Waals surface area contributed by atoms with E-state index in [0.717, 1.165) is 31.2 Å². The summed E-state index contributed by atoms with van der Waals surface area (Å²) in [5.41, 5.74) is 6.71. The van der Waals surface area contributed by atoms with Gasteiger partial charge >= 0.3 is 0 Å². The number of halogens is 1. The lowest BCUT2D eigenvalue weighted by Gasteiger charge is -2.34. The van der Waals surface area contributed by atoms with E-state index in [0.29, 0.717) is 5.02 Å². The van der Waals surface area contributed by atoms with Gasteiger partial charge in [-0.3, -0.25) is 0 Å². The minimum atomic E-state index is -3.22. The van der Waals surface area contributed by atoms with E-state index in [4.69, 9.17) is 17.3 Å². The van der Waals surface area contributed by atoms with E-state index in [1.807, 2.05) is 0 Å². The third-order valence-corrected chi connectivity index (χ3v) is 5.09. The third-order valence-electron chi connectivity index (χ3n) is 3.65. The van der Waals surface area contributed by atoms with Gasteiger partial charge in [-0.25, -0.2) is 8.42 Å². The normalized spacial score (nSPS) is 19.7. The Kier molecular flexibility index (Phi) is 3.72. The molecule has 1 aliphatic rings. The average molecular weight is 288 g/mol. The molecule has 0 aromatic heterocycles. The summed E-state index contributed by atoms with van der Waals surface area (Å²) >= 11 is 6.19. The first-order chi connectivity index (χ1) is 8.33. The molecule has 0 radical (unpaired) electrons. The topological polar surface area (TPSA) is 60.2 Å². The molecule has 0 aliphatic heterocycles. The Hall–Kier alpha value is -0.580. The summed E-state index contributed by atoms with van der Waals surface area (Å²) in [5, 5.41) is 0.562. The lowest BCUT2D eigenvalue weighted by molar-refractivity contribution is 0.302. The van der Waals surface area contributed by atoms with Crippen molar-refractivity contribution in [2.45, 2.75) is 42.5 Å². The van der Waals surface area contributed by atoms with Crippen LogP contribution >= 0.6 is 11.6 Å². The maximum atomic E-state index is 11.6.